The Morgan fingerprint density at radius 2 is 1.69 bits per heavy atom. The molecule has 0 bridgehead atoms. The third-order valence-electron chi connectivity index (χ3n) is 5.57. The van der Waals surface area contributed by atoms with Crippen molar-refractivity contribution in [2.24, 2.45) is 5.92 Å². The molecule has 0 N–H and O–H groups in total. The first kappa shape index (κ1) is 27.1. The molecule has 0 aromatic heterocycles. The summed E-state index contributed by atoms with van der Waals surface area (Å²) < 4.78 is 38.4. The number of methoxy groups -OCH3 is 1. The maximum Gasteiger partial charge on any atom is 0.424 e. The van der Waals surface area contributed by atoms with E-state index in [2.05, 4.69) is 6.08 Å². The third kappa shape index (κ3) is 6.58. The largest absolute Gasteiger partial charge is 0.496 e. The lowest BCUT2D eigenvalue weighted by atomic mass is 10.1. The summed E-state index contributed by atoms with van der Waals surface area (Å²) in [5, 5.41) is 0.644. The number of ether oxygens (including phenoxy) is 2. The maximum atomic E-state index is 13.4. The molecule has 2 atom stereocenters. The van der Waals surface area contributed by atoms with Crippen LogP contribution in [0.15, 0.2) is 53.4 Å². The van der Waals surface area contributed by atoms with Gasteiger partial charge in [-0.05, 0) is 95.7 Å². The Bertz CT molecular complexity index is 1210. The van der Waals surface area contributed by atoms with E-state index in [0.717, 1.165) is 27.6 Å². The molecular weight excluding hydrogens is 486 g/mol. The van der Waals surface area contributed by atoms with Crippen LogP contribution in [0.25, 0.3) is 6.08 Å². The zero-order valence-electron chi connectivity index (χ0n) is 21.3. The van der Waals surface area contributed by atoms with Crippen LogP contribution >= 0.6 is 11.6 Å². The minimum absolute atomic E-state index is 0.0541. The van der Waals surface area contributed by atoms with Crippen LogP contribution in [0.5, 0.6) is 5.75 Å². The van der Waals surface area contributed by atoms with Crippen molar-refractivity contribution < 1.29 is 22.7 Å². The van der Waals surface area contributed by atoms with Crippen molar-refractivity contribution in [3.8, 4) is 5.75 Å². The Hall–Kier alpha value is -2.51. The number of hydrogen-bond acceptors (Lipinski definition) is 5. The van der Waals surface area contributed by atoms with E-state index in [-0.39, 0.29) is 4.90 Å². The molecule has 1 saturated carbocycles. The lowest BCUT2D eigenvalue weighted by molar-refractivity contribution is 0.0282. The zero-order chi connectivity index (χ0) is 26.2. The Balaban J connectivity index is 1.77. The van der Waals surface area contributed by atoms with Crippen LogP contribution < -0.4 is 4.74 Å². The van der Waals surface area contributed by atoms with Gasteiger partial charge < -0.3 is 9.47 Å². The lowest BCUT2D eigenvalue weighted by Crippen LogP contribution is -2.51. The lowest BCUT2D eigenvalue weighted by Gasteiger charge is -2.35. The van der Waals surface area contributed by atoms with Gasteiger partial charge in [-0.1, -0.05) is 35.9 Å². The molecule has 1 aliphatic rings. The van der Waals surface area contributed by atoms with E-state index in [9.17, 15) is 13.2 Å². The van der Waals surface area contributed by atoms with E-state index in [4.69, 9.17) is 21.1 Å². The fraction of sp³-hybridized carbons (Fsp3) is 0.444. The van der Waals surface area contributed by atoms with Crippen molar-refractivity contribution in [1.29, 1.82) is 0 Å². The van der Waals surface area contributed by atoms with Crippen LogP contribution in [0.4, 0.5) is 4.79 Å². The molecule has 1 aliphatic carbocycles. The predicted molar refractivity (Wildman–Crippen MR) is 139 cm³/mol. The van der Waals surface area contributed by atoms with Crippen molar-refractivity contribution >= 4 is 33.8 Å². The second-order valence-corrected chi connectivity index (χ2v) is 13.0. The zero-order valence-corrected chi connectivity index (χ0v) is 22.9. The van der Waals surface area contributed by atoms with Crippen molar-refractivity contribution in [2.45, 2.75) is 69.9 Å². The first-order valence-corrected chi connectivity index (χ1v) is 13.4. The molecule has 2 aromatic rings. The van der Waals surface area contributed by atoms with Gasteiger partial charge in [0, 0.05) is 10.6 Å². The van der Waals surface area contributed by atoms with Gasteiger partial charge in [-0.2, -0.15) is 4.31 Å². The molecule has 8 heteroatoms. The smallest absolute Gasteiger partial charge is 0.424 e. The first-order chi connectivity index (χ1) is 16.1. The SMILES string of the molecule is COc1ccc(Cl)cc1C=C[C@H]1C[C@@H]1c1ccc(S(=O)(=O)N(C(=O)OC(C)(C)C)C(C)(C)C)cc1. The molecule has 0 spiro atoms. The molecule has 1 fully saturated rings. The maximum absolute atomic E-state index is 13.4. The van der Waals surface area contributed by atoms with Gasteiger partial charge in [0.25, 0.3) is 10.0 Å². The number of carbonyl (C=O) groups excluding carboxylic acids is 1. The number of benzene rings is 2. The molecular formula is C27H34ClNO5S. The summed E-state index contributed by atoms with van der Waals surface area (Å²) in [6, 6.07) is 12.3. The number of nitrogens with zero attached hydrogens (tertiary/aromatic N) is 1. The quantitative estimate of drug-likeness (QED) is 0.415. The fourth-order valence-electron chi connectivity index (χ4n) is 3.90. The molecule has 1 amide bonds. The van der Waals surface area contributed by atoms with Crippen molar-refractivity contribution in [1.82, 2.24) is 4.31 Å². The second-order valence-electron chi connectivity index (χ2n) is 10.7. The highest BCUT2D eigenvalue weighted by atomic mass is 35.5. The average molecular weight is 520 g/mol. The summed E-state index contributed by atoms with van der Waals surface area (Å²) in [6.45, 7) is 10.1. The number of allylic oxidation sites excluding steroid dienone is 1. The van der Waals surface area contributed by atoms with Gasteiger partial charge in [-0.15, -0.1) is 0 Å². The Morgan fingerprint density at radius 3 is 2.23 bits per heavy atom. The molecule has 0 heterocycles. The summed E-state index contributed by atoms with van der Waals surface area (Å²) in [4.78, 5) is 12.9. The Kier molecular flexibility index (Phi) is 7.63. The minimum Gasteiger partial charge on any atom is -0.496 e. The van der Waals surface area contributed by atoms with Crippen LogP contribution in [-0.2, 0) is 14.8 Å². The molecule has 3 rings (SSSR count). The van der Waals surface area contributed by atoms with Crippen molar-refractivity contribution in [3.05, 3.63) is 64.7 Å². The molecule has 190 valence electrons. The molecule has 0 saturated heterocycles. The van der Waals surface area contributed by atoms with Crippen LogP contribution in [-0.4, -0.2) is 37.1 Å². The number of hydrogen-bond donors (Lipinski definition) is 0. The van der Waals surface area contributed by atoms with E-state index < -0.39 is 27.3 Å². The average Bonchev–Trinajstić information content (AvgIpc) is 3.49. The van der Waals surface area contributed by atoms with Crippen LogP contribution in [0, 0.1) is 5.92 Å². The number of halogens is 1. The topological polar surface area (TPSA) is 72.9 Å². The summed E-state index contributed by atoms with van der Waals surface area (Å²) in [6.07, 6.45) is 4.22. The normalized spacial score (nSPS) is 18.4. The number of sulfonamides is 1. The molecule has 0 aliphatic heterocycles. The predicted octanol–water partition coefficient (Wildman–Crippen LogP) is 6.89. The molecule has 6 nitrogen and oxygen atoms in total. The Labute approximate surface area is 213 Å². The number of carbonyl (C=O) groups is 1. The van der Waals surface area contributed by atoms with Crippen LogP contribution in [0.2, 0.25) is 5.02 Å². The molecule has 0 unspecified atom stereocenters. The highest BCUT2D eigenvalue weighted by molar-refractivity contribution is 7.89. The summed E-state index contributed by atoms with van der Waals surface area (Å²) in [7, 11) is -2.48. The van der Waals surface area contributed by atoms with E-state index in [0.29, 0.717) is 16.9 Å². The number of amides is 1. The van der Waals surface area contributed by atoms with Gasteiger partial charge in [-0.25, -0.2) is 13.2 Å². The number of rotatable bonds is 6. The van der Waals surface area contributed by atoms with Crippen molar-refractivity contribution in [3.63, 3.8) is 0 Å². The van der Waals surface area contributed by atoms with E-state index in [1.807, 2.05) is 30.3 Å². The summed E-state index contributed by atoms with van der Waals surface area (Å²) in [5.74, 6) is 1.40. The van der Waals surface area contributed by atoms with E-state index in [1.165, 1.54) is 0 Å². The highest BCUT2D eigenvalue weighted by Gasteiger charge is 2.41. The van der Waals surface area contributed by atoms with Gasteiger partial charge in [0.1, 0.15) is 11.4 Å². The van der Waals surface area contributed by atoms with Crippen LogP contribution in [0.1, 0.15) is 65.0 Å². The van der Waals surface area contributed by atoms with Gasteiger partial charge in [0.15, 0.2) is 0 Å². The van der Waals surface area contributed by atoms with Gasteiger partial charge in [0.2, 0.25) is 0 Å². The first-order valence-electron chi connectivity index (χ1n) is 11.5. The van der Waals surface area contributed by atoms with Crippen LogP contribution in [0.3, 0.4) is 0 Å². The minimum atomic E-state index is -4.11. The van der Waals surface area contributed by atoms with Gasteiger partial charge in [-0.3, -0.25) is 0 Å². The third-order valence-corrected chi connectivity index (χ3v) is 7.85. The van der Waals surface area contributed by atoms with Gasteiger partial charge >= 0.3 is 6.09 Å². The fourth-order valence-corrected chi connectivity index (χ4v) is 5.73. The Morgan fingerprint density at radius 1 is 1.06 bits per heavy atom. The molecule has 0 radical (unpaired) electrons. The highest BCUT2D eigenvalue weighted by Crippen LogP contribution is 2.49. The van der Waals surface area contributed by atoms with E-state index in [1.54, 1.807) is 66.9 Å². The summed E-state index contributed by atoms with van der Waals surface area (Å²) >= 11 is 6.11. The van der Waals surface area contributed by atoms with Gasteiger partial charge in [0.05, 0.1) is 17.5 Å². The summed E-state index contributed by atoms with van der Waals surface area (Å²) in [5.41, 5.74) is 0.157. The second kappa shape index (κ2) is 9.86. The van der Waals surface area contributed by atoms with E-state index >= 15 is 0 Å². The standard InChI is InChI=1S/C27H34ClNO5S/c1-26(2,3)29(25(30)34-27(4,5)6)35(31,32)22-13-10-18(11-14-22)23-17-19(23)8-9-20-16-21(28)12-15-24(20)33-7/h8-16,19,23H,17H2,1-7H3/t19-,23+/m0/s1. The van der Waals surface area contributed by atoms with Crippen molar-refractivity contribution in [2.75, 3.05) is 7.11 Å². The molecule has 35 heavy (non-hydrogen) atoms. The monoisotopic (exact) mass is 519 g/mol. The molecule has 2 aromatic carbocycles.